The van der Waals surface area contributed by atoms with Crippen molar-refractivity contribution in [3.05, 3.63) is 29.3 Å². The lowest BCUT2D eigenvalue weighted by molar-refractivity contribution is 0.265. The van der Waals surface area contributed by atoms with Crippen LogP contribution in [0.2, 0.25) is 5.02 Å². The molecule has 2 aromatic heterocycles. The number of anilines is 3. The zero-order valence-electron chi connectivity index (χ0n) is 12.8. The van der Waals surface area contributed by atoms with E-state index in [9.17, 15) is 5.11 Å². The fourth-order valence-electron chi connectivity index (χ4n) is 2.91. The second-order valence-corrected chi connectivity index (χ2v) is 6.11. The van der Waals surface area contributed by atoms with Crippen molar-refractivity contribution in [3.8, 4) is 0 Å². The van der Waals surface area contributed by atoms with Crippen molar-refractivity contribution in [1.82, 2.24) is 25.4 Å². The zero-order valence-corrected chi connectivity index (χ0v) is 13.5. The predicted molar refractivity (Wildman–Crippen MR) is 91.7 cm³/mol. The number of aromatic amines is 1. The molecule has 1 saturated heterocycles. The molecule has 3 heterocycles. The highest BCUT2D eigenvalue weighted by atomic mass is 35.5. The smallest absolute Gasteiger partial charge is 0.229 e. The Morgan fingerprint density at radius 1 is 1.25 bits per heavy atom. The highest BCUT2D eigenvalue weighted by Crippen LogP contribution is 2.28. The topological polar surface area (TPSA) is 103 Å². The van der Waals surface area contributed by atoms with Gasteiger partial charge in [0.1, 0.15) is 0 Å². The molecular formula is C15H16ClN7O. The van der Waals surface area contributed by atoms with E-state index in [1.165, 1.54) is 0 Å². The predicted octanol–water partition coefficient (Wildman–Crippen LogP) is 2.11. The van der Waals surface area contributed by atoms with Crippen LogP contribution in [0.5, 0.6) is 0 Å². The Kier molecular flexibility index (Phi) is 3.91. The summed E-state index contributed by atoms with van der Waals surface area (Å²) in [5, 5.41) is 24.2. The van der Waals surface area contributed by atoms with E-state index in [0.717, 1.165) is 25.1 Å². The standard InChI is InChI=1S/C15H16ClN7O/c16-9-3-5-10(6-4-9)17-13-12-14(21-22-20-12)19-15(18-13)23-7-1-2-11(23)8-24/h3-6,11,24H,1-2,7-8H2,(H2,17,18,19,20,21,22)/t11-/m1/s1. The summed E-state index contributed by atoms with van der Waals surface area (Å²) in [5.74, 6) is 1.11. The zero-order chi connectivity index (χ0) is 16.5. The van der Waals surface area contributed by atoms with Gasteiger partial charge in [0, 0.05) is 17.3 Å². The second kappa shape index (κ2) is 6.21. The molecule has 124 valence electrons. The van der Waals surface area contributed by atoms with E-state index < -0.39 is 0 Å². The fourth-order valence-corrected chi connectivity index (χ4v) is 3.04. The van der Waals surface area contributed by atoms with Crippen LogP contribution in [0.3, 0.4) is 0 Å². The Labute approximate surface area is 142 Å². The Morgan fingerprint density at radius 2 is 2.08 bits per heavy atom. The van der Waals surface area contributed by atoms with Gasteiger partial charge in [-0.1, -0.05) is 11.6 Å². The number of halogens is 1. The number of fused-ring (bicyclic) bond motifs is 1. The highest BCUT2D eigenvalue weighted by molar-refractivity contribution is 6.30. The third-order valence-corrected chi connectivity index (χ3v) is 4.38. The number of aliphatic hydroxyl groups excluding tert-OH is 1. The first-order valence-electron chi connectivity index (χ1n) is 7.73. The van der Waals surface area contributed by atoms with Crippen molar-refractivity contribution in [3.63, 3.8) is 0 Å². The number of hydrogen-bond acceptors (Lipinski definition) is 7. The van der Waals surface area contributed by atoms with Gasteiger partial charge in [-0.15, -0.1) is 5.10 Å². The maximum Gasteiger partial charge on any atom is 0.229 e. The highest BCUT2D eigenvalue weighted by Gasteiger charge is 2.27. The average molecular weight is 346 g/mol. The molecule has 0 spiro atoms. The van der Waals surface area contributed by atoms with Crippen molar-refractivity contribution in [2.75, 3.05) is 23.4 Å². The molecule has 0 saturated carbocycles. The van der Waals surface area contributed by atoms with Crippen molar-refractivity contribution in [2.24, 2.45) is 0 Å². The number of aromatic nitrogens is 5. The van der Waals surface area contributed by atoms with Crippen LogP contribution in [0, 0.1) is 0 Å². The molecule has 0 bridgehead atoms. The van der Waals surface area contributed by atoms with Crippen LogP contribution in [0.4, 0.5) is 17.5 Å². The summed E-state index contributed by atoms with van der Waals surface area (Å²) in [6.07, 6.45) is 1.93. The van der Waals surface area contributed by atoms with Crippen LogP contribution in [0.1, 0.15) is 12.8 Å². The quantitative estimate of drug-likeness (QED) is 0.665. The lowest BCUT2D eigenvalue weighted by Gasteiger charge is -2.23. The number of rotatable bonds is 4. The average Bonchev–Trinajstić information content (AvgIpc) is 3.25. The molecular weight excluding hydrogens is 330 g/mol. The van der Waals surface area contributed by atoms with Crippen LogP contribution >= 0.6 is 11.6 Å². The van der Waals surface area contributed by atoms with Crippen molar-refractivity contribution in [2.45, 2.75) is 18.9 Å². The third kappa shape index (κ3) is 2.74. The number of nitrogens with one attached hydrogen (secondary N) is 2. The molecule has 0 radical (unpaired) electrons. The first-order chi connectivity index (χ1) is 11.7. The van der Waals surface area contributed by atoms with Crippen LogP contribution < -0.4 is 10.2 Å². The normalized spacial score (nSPS) is 17.6. The summed E-state index contributed by atoms with van der Waals surface area (Å²) >= 11 is 5.92. The van der Waals surface area contributed by atoms with Gasteiger partial charge in [-0.25, -0.2) is 0 Å². The maximum atomic E-state index is 9.54. The van der Waals surface area contributed by atoms with Gasteiger partial charge < -0.3 is 15.3 Å². The van der Waals surface area contributed by atoms with Crippen LogP contribution in [-0.2, 0) is 0 Å². The number of hydrogen-bond donors (Lipinski definition) is 3. The lowest BCUT2D eigenvalue weighted by Crippen LogP contribution is -2.33. The minimum Gasteiger partial charge on any atom is -0.394 e. The molecule has 0 aliphatic carbocycles. The van der Waals surface area contributed by atoms with E-state index >= 15 is 0 Å². The lowest BCUT2D eigenvalue weighted by atomic mass is 10.2. The number of aliphatic hydroxyl groups is 1. The van der Waals surface area contributed by atoms with Gasteiger partial charge in [-0.05, 0) is 37.1 Å². The summed E-state index contributed by atoms with van der Waals surface area (Å²) in [5.41, 5.74) is 1.89. The monoisotopic (exact) mass is 345 g/mol. The summed E-state index contributed by atoms with van der Waals surface area (Å²) in [4.78, 5) is 11.1. The van der Waals surface area contributed by atoms with E-state index in [4.69, 9.17) is 11.6 Å². The first kappa shape index (κ1) is 15.1. The molecule has 9 heteroatoms. The molecule has 8 nitrogen and oxygen atoms in total. The minimum absolute atomic E-state index is 0.0396. The minimum atomic E-state index is 0.0396. The van der Waals surface area contributed by atoms with Crippen LogP contribution in [0.25, 0.3) is 11.2 Å². The van der Waals surface area contributed by atoms with Gasteiger partial charge >= 0.3 is 0 Å². The number of H-pyrrole nitrogens is 1. The summed E-state index contributed by atoms with van der Waals surface area (Å²) in [6, 6.07) is 7.37. The van der Waals surface area contributed by atoms with Crippen molar-refractivity contribution >= 4 is 40.2 Å². The third-order valence-electron chi connectivity index (χ3n) is 4.12. The Balaban J connectivity index is 1.73. The Morgan fingerprint density at radius 3 is 2.88 bits per heavy atom. The summed E-state index contributed by atoms with van der Waals surface area (Å²) < 4.78 is 0. The van der Waals surface area contributed by atoms with Gasteiger partial charge in [0.05, 0.1) is 12.6 Å². The van der Waals surface area contributed by atoms with Crippen molar-refractivity contribution < 1.29 is 5.11 Å². The molecule has 0 amide bonds. The van der Waals surface area contributed by atoms with E-state index in [-0.39, 0.29) is 12.6 Å². The molecule has 4 rings (SSSR count). The molecule has 1 atom stereocenters. The van der Waals surface area contributed by atoms with E-state index in [1.54, 1.807) is 12.1 Å². The largest absolute Gasteiger partial charge is 0.394 e. The molecule has 24 heavy (non-hydrogen) atoms. The van der Waals surface area contributed by atoms with Gasteiger partial charge in [0.25, 0.3) is 0 Å². The molecule has 0 unspecified atom stereocenters. The van der Waals surface area contributed by atoms with E-state index in [1.807, 2.05) is 17.0 Å². The molecule has 1 aliphatic heterocycles. The molecule has 3 N–H and O–H groups in total. The Bertz CT molecular complexity index is 851. The number of nitrogens with zero attached hydrogens (tertiary/aromatic N) is 5. The Hall–Kier alpha value is -2.45. The van der Waals surface area contributed by atoms with Gasteiger partial charge in [-0.2, -0.15) is 20.3 Å². The molecule has 1 aliphatic rings. The second-order valence-electron chi connectivity index (χ2n) is 5.67. The summed E-state index contributed by atoms with van der Waals surface area (Å²) in [6.45, 7) is 0.898. The molecule has 1 aromatic carbocycles. The van der Waals surface area contributed by atoms with Gasteiger partial charge in [0.15, 0.2) is 11.3 Å². The molecule has 1 fully saturated rings. The maximum absolute atomic E-state index is 9.54. The fraction of sp³-hybridized carbons (Fsp3) is 0.333. The van der Waals surface area contributed by atoms with Crippen LogP contribution in [0.15, 0.2) is 24.3 Å². The first-order valence-corrected chi connectivity index (χ1v) is 8.11. The van der Waals surface area contributed by atoms with Crippen molar-refractivity contribution in [1.29, 1.82) is 0 Å². The number of benzene rings is 1. The summed E-state index contributed by atoms with van der Waals surface area (Å²) in [7, 11) is 0. The van der Waals surface area contributed by atoms with Gasteiger partial charge in [-0.3, -0.25) is 0 Å². The van der Waals surface area contributed by atoms with Gasteiger partial charge in [0.2, 0.25) is 11.6 Å². The van der Waals surface area contributed by atoms with Crippen LogP contribution in [-0.4, -0.2) is 49.7 Å². The molecule has 3 aromatic rings. The van der Waals surface area contributed by atoms with E-state index in [2.05, 4.69) is 30.7 Å². The SMILES string of the molecule is OC[C@H]1CCCN1c1nc(Nc2ccc(Cl)cc2)c2n[nH]nc2n1. The van der Waals surface area contributed by atoms with E-state index in [0.29, 0.717) is 28.0 Å².